The first-order valence-corrected chi connectivity index (χ1v) is 11.6. The maximum atomic E-state index is 12.6. The molecule has 1 heterocycles. The number of ether oxygens (including phenoxy) is 2. The van der Waals surface area contributed by atoms with E-state index >= 15 is 0 Å². The third-order valence-electron chi connectivity index (χ3n) is 5.79. The second kappa shape index (κ2) is 11.3. The van der Waals surface area contributed by atoms with E-state index < -0.39 is 24.4 Å². The molecule has 1 unspecified atom stereocenters. The van der Waals surface area contributed by atoms with Crippen LogP contribution in [0.25, 0.3) is 0 Å². The fourth-order valence-electron chi connectivity index (χ4n) is 4.06. The van der Waals surface area contributed by atoms with Crippen molar-refractivity contribution in [3.63, 3.8) is 0 Å². The number of carbonyl (C=O) groups excluding carboxylic acids is 3. The number of nitrogens with zero attached hydrogens (tertiary/aromatic N) is 1. The van der Waals surface area contributed by atoms with Crippen molar-refractivity contribution in [3.05, 3.63) is 90.0 Å². The van der Waals surface area contributed by atoms with Gasteiger partial charge in [-0.3, -0.25) is 14.4 Å². The van der Waals surface area contributed by atoms with Gasteiger partial charge in [-0.2, -0.15) is 0 Å². The number of nitrogens with one attached hydrogen (secondary N) is 1. The number of hydrogen-bond donors (Lipinski definition) is 1. The summed E-state index contributed by atoms with van der Waals surface area (Å²) < 4.78 is 10.7. The van der Waals surface area contributed by atoms with Crippen LogP contribution in [0.1, 0.15) is 24.5 Å². The predicted molar refractivity (Wildman–Crippen MR) is 133 cm³/mol. The normalized spacial score (nSPS) is 15.1. The minimum Gasteiger partial charge on any atom is -0.494 e. The van der Waals surface area contributed by atoms with Gasteiger partial charge in [0.25, 0.3) is 5.91 Å². The number of rotatable bonds is 9. The summed E-state index contributed by atoms with van der Waals surface area (Å²) in [7, 11) is 0. The molecule has 4 rings (SSSR count). The molecule has 3 aromatic rings. The zero-order valence-electron chi connectivity index (χ0n) is 19.6. The van der Waals surface area contributed by atoms with Crippen molar-refractivity contribution in [3.8, 4) is 5.75 Å². The molecule has 1 aliphatic rings. The molecular weight excluding hydrogens is 444 g/mol. The number of hydrogen-bond acceptors (Lipinski definition) is 5. The number of amides is 2. The molecule has 1 atom stereocenters. The van der Waals surface area contributed by atoms with Crippen LogP contribution >= 0.6 is 0 Å². The van der Waals surface area contributed by atoms with Crippen LogP contribution in [-0.4, -0.2) is 37.5 Å². The summed E-state index contributed by atoms with van der Waals surface area (Å²) in [5, 5.41) is 2.83. The molecule has 1 aliphatic heterocycles. The van der Waals surface area contributed by atoms with Crippen molar-refractivity contribution in [2.24, 2.45) is 5.92 Å². The Kier molecular flexibility index (Phi) is 7.77. The zero-order valence-corrected chi connectivity index (χ0v) is 19.6. The molecule has 180 valence electrons. The third kappa shape index (κ3) is 6.26. The second-order valence-electron chi connectivity index (χ2n) is 8.31. The minimum absolute atomic E-state index is 0.0492. The minimum atomic E-state index is -0.618. The van der Waals surface area contributed by atoms with Crippen LogP contribution in [-0.2, 0) is 25.5 Å². The standard InChI is InChI=1S/C28H28N2O5/c1-2-34-24-14-12-23(13-15-24)30-18-22(17-27(30)32)28(33)35-19-26(31)29-25-11-7-6-10-21(25)16-20-8-4-3-5-9-20/h3-15,22H,2,16-19H2,1H3,(H,29,31). The Balaban J connectivity index is 1.30. The lowest BCUT2D eigenvalue weighted by Gasteiger charge is -2.17. The van der Waals surface area contributed by atoms with Crippen molar-refractivity contribution in [1.29, 1.82) is 0 Å². The van der Waals surface area contributed by atoms with Crippen LogP contribution in [0.4, 0.5) is 11.4 Å². The molecule has 0 radical (unpaired) electrons. The Morgan fingerprint density at radius 2 is 1.69 bits per heavy atom. The number of para-hydroxylation sites is 1. The lowest BCUT2D eigenvalue weighted by molar-refractivity contribution is -0.151. The van der Waals surface area contributed by atoms with Gasteiger partial charge < -0.3 is 19.7 Å². The summed E-state index contributed by atoms with van der Waals surface area (Å²) in [6.07, 6.45) is 0.718. The van der Waals surface area contributed by atoms with Crippen LogP contribution in [0.5, 0.6) is 5.75 Å². The van der Waals surface area contributed by atoms with Gasteiger partial charge in [-0.25, -0.2) is 0 Å². The van der Waals surface area contributed by atoms with Crippen LogP contribution in [0.15, 0.2) is 78.9 Å². The molecule has 1 fully saturated rings. The highest BCUT2D eigenvalue weighted by molar-refractivity contribution is 6.00. The Labute approximate surface area is 204 Å². The highest BCUT2D eigenvalue weighted by Crippen LogP contribution is 2.27. The quantitative estimate of drug-likeness (QED) is 0.472. The zero-order chi connectivity index (χ0) is 24.6. The molecule has 1 saturated heterocycles. The molecule has 7 heteroatoms. The van der Waals surface area contributed by atoms with E-state index in [4.69, 9.17) is 9.47 Å². The molecule has 35 heavy (non-hydrogen) atoms. The molecule has 1 N–H and O–H groups in total. The topological polar surface area (TPSA) is 84.9 Å². The maximum Gasteiger partial charge on any atom is 0.311 e. The maximum absolute atomic E-state index is 12.6. The second-order valence-corrected chi connectivity index (χ2v) is 8.31. The number of carbonyl (C=O) groups is 3. The summed E-state index contributed by atoms with van der Waals surface area (Å²) in [4.78, 5) is 39.1. The van der Waals surface area contributed by atoms with Crippen molar-refractivity contribution in [2.45, 2.75) is 19.8 Å². The Bertz CT molecular complexity index is 1180. The van der Waals surface area contributed by atoms with Crippen molar-refractivity contribution >= 4 is 29.2 Å². The molecule has 7 nitrogen and oxygen atoms in total. The van der Waals surface area contributed by atoms with Gasteiger partial charge in [0.1, 0.15) is 5.75 Å². The number of esters is 1. The first-order valence-electron chi connectivity index (χ1n) is 11.6. The Morgan fingerprint density at radius 1 is 0.971 bits per heavy atom. The highest BCUT2D eigenvalue weighted by atomic mass is 16.5. The molecule has 3 aromatic carbocycles. The highest BCUT2D eigenvalue weighted by Gasteiger charge is 2.36. The number of benzene rings is 3. The Hall–Kier alpha value is -4.13. The van der Waals surface area contributed by atoms with E-state index in [1.54, 1.807) is 29.2 Å². The van der Waals surface area contributed by atoms with Gasteiger partial charge in [0.15, 0.2) is 6.61 Å². The van der Waals surface area contributed by atoms with Gasteiger partial charge in [0, 0.05) is 24.3 Å². The first kappa shape index (κ1) is 24.0. The van der Waals surface area contributed by atoms with E-state index in [0.717, 1.165) is 16.9 Å². The van der Waals surface area contributed by atoms with Crippen molar-refractivity contribution in [1.82, 2.24) is 0 Å². The summed E-state index contributed by atoms with van der Waals surface area (Å²) >= 11 is 0. The summed E-state index contributed by atoms with van der Waals surface area (Å²) in [6, 6.07) is 24.7. The lowest BCUT2D eigenvalue weighted by Crippen LogP contribution is -2.28. The van der Waals surface area contributed by atoms with Crippen LogP contribution < -0.4 is 15.0 Å². The predicted octanol–water partition coefficient (Wildman–Crippen LogP) is 4.21. The molecule has 0 aromatic heterocycles. The SMILES string of the molecule is CCOc1ccc(N2CC(C(=O)OCC(=O)Nc3ccccc3Cc3ccccc3)CC2=O)cc1. The first-order chi connectivity index (χ1) is 17.0. The molecular formula is C28H28N2O5. The van der Waals surface area contributed by atoms with E-state index in [0.29, 0.717) is 24.4 Å². The van der Waals surface area contributed by atoms with Crippen molar-refractivity contribution < 1.29 is 23.9 Å². The van der Waals surface area contributed by atoms with E-state index in [-0.39, 0.29) is 18.9 Å². The van der Waals surface area contributed by atoms with Gasteiger partial charge in [-0.1, -0.05) is 48.5 Å². The van der Waals surface area contributed by atoms with E-state index in [9.17, 15) is 14.4 Å². The monoisotopic (exact) mass is 472 g/mol. The lowest BCUT2D eigenvalue weighted by atomic mass is 10.0. The fraction of sp³-hybridized carbons (Fsp3) is 0.250. The van der Waals surface area contributed by atoms with Crippen LogP contribution in [0.3, 0.4) is 0 Å². The summed E-state index contributed by atoms with van der Waals surface area (Å²) in [6.45, 7) is 2.26. The molecule has 0 spiro atoms. The van der Waals surface area contributed by atoms with Gasteiger partial charge in [0.2, 0.25) is 5.91 Å². The van der Waals surface area contributed by atoms with Crippen LogP contribution in [0.2, 0.25) is 0 Å². The summed E-state index contributed by atoms with van der Waals surface area (Å²) in [5.74, 6) is -1.04. The van der Waals surface area contributed by atoms with Crippen LogP contribution in [0, 0.1) is 5.92 Å². The summed E-state index contributed by atoms with van der Waals surface area (Å²) in [5.41, 5.74) is 3.46. The molecule has 2 amide bonds. The average molecular weight is 473 g/mol. The van der Waals surface area contributed by atoms with Gasteiger partial charge in [0.05, 0.1) is 12.5 Å². The van der Waals surface area contributed by atoms with Gasteiger partial charge in [-0.15, -0.1) is 0 Å². The molecule has 0 aliphatic carbocycles. The smallest absolute Gasteiger partial charge is 0.311 e. The van der Waals surface area contributed by atoms with Gasteiger partial charge in [-0.05, 0) is 54.8 Å². The molecule has 0 saturated carbocycles. The third-order valence-corrected chi connectivity index (χ3v) is 5.79. The van der Waals surface area contributed by atoms with E-state index in [1.807, 2.05) is 61.5 Å². The number of anilines is 2. The van der Waals surface area contributed by atoms with E-state index in [1.165, 1.54) is 0 Å². The van der Waals surface area contributed by atoms with Gasteiger partial charge >= 0.3 is 5.97 Å². The van der Waals surface area contributed by atoms with Crippen molar-refractivity contribution in [2.75, 3.05) is 30.0 Å². The Morgan fingerprint density at radius 3 is 2.43 bits per heavy atom. The van der Waals surface area contributed by atoms with E-state index in [2.05, 4.69) is 5.32 Å². The average Bonchev–Trinajstić information content (AvgIpc) is 3.27. The fourth-order valence-corrected chi connectivity index (χ4v) is 4.06. The molecule has 0 bridgehead atoms. The largest absolute Gasteiger partial charge is 0.494 e.